The third-order valence-electron chi connectivity index (χ3n) is 1.59. The van der Waals surface area contributed by atoms with E-state index in [1.807, 2.05) is 6.92 Å². The van der Waals surface area contributed by atoms with Gasteiger partial charge in [0.25, 0.3) is 0 Å². The van der Waals surface area contributed by atoms with Gasteiger partial charge in [-0.05, 0) is 16.3 Å². The second-order valence-corrected chi connectivity index (χ2v) is 2.62. The van der Waals surface area contributed by atoms with E-state index in [-0.39, 0.29) is 5.69 Å². The summed E-state index contributed by atoms with van der Waals surface area (Å²) >= 11 is 0. The van der Waals surface area contributed by atoms with Gasteiger partial charge >= 0.3 is 11.8 Å². The van der Waals surface area contributed by atoms with E-state index in [9.17, 15) is 20.2 Å². The molecule has 0 radical (unpaired) electrons. The van der Waals surface area contributed by atoms with Gasteiger partial charge in [0, 0.05) is 6.42 Å². The molecular formula is C6H8N4O4. The number of rotatable bonds is 4. The maximum Gasteiger partial charge on any atom is 0.464 e. The fraction of sp³-hybridized carbons (Fsp3) is 0.500. The van der Waals surface area contributed by atoms with Gasteiger partial charge in [0.15, 0.2) is 0 Å². The topological polar surface area (TPSA) is 115 Å². The minimum absolute atomic E-state index is 0.129. The average Bonchev–Trinajstić information content (AvgIpc) is 2.49. The number of aromatic amines is 1. The number of nitrogens with one attached hydrogen (secondary N) is 1. The number of hydrogen-bond acceptors (Lipinski definition) is 5. The predicted octanol–water partition coefficient (Wildman–Crippen LogP) is 1.18. The second kappa shape index (κ2) is 3.81. The zero-order chi connectivity index (χ0) is 10.7. The van der Waals surface area contributed by atoms with Crippen molar-refractivity contribution in [3.05, 3.63) is 25.9 Å². The second-order valence-electron chi connectivity index (χ2n) is 2.62. The van der Waals surface area contributed by atoms with Crippen molar-refractivity contribution < 1.29 is 9.85 Å². The molecule has 1 aromatic rings. The molecule has 1 rings (SSSR count). The lowest BCUT2D eigenvalue weighted by Gasteiger charge is -1.90. The number of nitro groups is 2. The molecule has 0 aliphatic rings. The molecule has 8 nitrogen and oxygen atoms in total. The van der Waals surface area contributed by atoms with E-state index in [0.29, 0.717) is 12.8 Å². The fourth-order valence-electron chi connectivity index (χ4n) is 1.04. The van der Waals surface area contributed by atoms with Crippen LogP contribution in [0.4, 0.5) is 11.8 Å². The maximum atomic E-state index is 10.4. The number of aromatic nitrogens is 2. The summed E-state index contributed by atoms with van der Waals surface area (Å²) in [5.41, 5.74) is 0.129. The lowest BCUT2D eigenvalue weighted by atomic mass is 10.2. The first-order valence-corrected chi connectivity index (χ1v) is 3.94. The molecule has 0 fully saturated rings. The Balaban J connectivity index is 3.12. The third kappa shape index (κ3) is 1.84. The van der Waals surface area contributed by atoms with Crippen LogP contribution in [-0.4, -0.2) is 19.8 Å². The zero-order valence-electron chi connectivity index (χ0n) is 7.39. The summed E-state index contributed by atoms with van der Waals surface area (Å²) in [5.74, 6) is -0.973. The molecule has 0 bridgehead atoms. The van der Waals surface area contributed by atoms with Crippen LogP contribution in [0, 0.1) is 20.2 Å². The molecule has 0 unspecified atom stereocenters. The van der Waals surface area contributed by atoms with Gasteiger partial charge in [0.05, 0.1) is 0 Å². The van der Waals surface area contributed by atoms with Crippen LogP contribution in [0.3, 0.4) is 0 Å². The van der Waals surface area contributed by atoms with Crippen LogP contribution in [0.1, 0.15) is 19.0 Å². The van der Waals surface area contributed by atoms with Gasteiger partial charge in [-0.15, -0.1) is 0 Å². The summed E-state index contributed by atoms with van der Waals surface area (Å²) in [6, 6.07) is 0. The molecule has 1 aromatic heterocycles. The van der Waals surface area contributed by atoms with Crippen molar-refractivity contribution in [1.82, 2.24) is 9.97 Å². The molecular weight excluding hydrogens is 192 g/mol. The molecule has 76 valence electrons. The first-order chi connectivity index (χ1) is 6.56. The van der Waals surface area contributed by atoms with E-state index in [1.54, 1.807) is 0 Å². The maximum absolute atomic E-state index is 10.4. The van der Waals surface area contributed by atoms with E-state index in [2.05, 4.69) is 9.97 Å². The summed E-state index contributed by atoms with van der Waals surface area (Å²) in [7, 11) is 0. The Bertz CT molecular complexity index is 372. The lowest BCUT2D eigenvalue weighted by Crippen LogP contribution is -1.93. The minimum Gasteiger partial charge on any atom is -0.389 e. The van der Waals surface area contributed by atoms with Crippen LogP contribution < -0.4 is 0 Å². The Morgan fingerprint density at radius 1 is 1.36 bits per heavy atom. The molecule has 0 spiro atoms. The number of aryl methyl sites for hydroxylation is 1. The number of hydrogen-bond donors (Lipinski definition) is 1. The van der Waals surface area contributed by atoms with Crippen LogP contribution in [-0.2, 0) is 6.42 Å². The number of imidazole rings is 1. The largest absolute Gasteiger partial charge is 0.464 e. The van der Waals surface area contributed by atoms with Crippen LogP contribution >= 0.6 is 0 Å². The molecule has 1 heterocycles. The van der Waals surface area contributed by atoms with Crippen LogP contribution in [0.5, 0.6) is 0 Å². The summed E-state index contributed by atoms with van der Waals surface area (Å²) in [6.45, 7) is 1.81. The van der Waals surface area contributed by atoms with Crippen molar-refractivity contribution >= 4 is 11.8 Å². The fourth-order valence-corrected chi connectivity index (χ4v) is 1.04. The Morgan fingerprint density at radius 3 is 2.43 bits per heavy atom. The van der Waals surface area contributed by atoms with Gasteiger partial charge in [-0.25, -0.2) is 0 Å². The van der Waals surface area contributed by atoms with Crippen molar-refractivity contribution in [1.29, 1.82) is 0 Å². The summed E-state index contributed by atoms with van der Waals surface area (Å²) in [6.07, 6.45) is 0.990. The zero-order valence-corrected chi connectivity index (χ0v) is 7.39. The molecule has 0 aliphatic heterocycles. The van der Waals surface area contributed by atoms with Crippen LogP contribution in [0.15, 0.2) is 0 Å². The first-order valence-electron chi connectivity index (χ1n) is 3.94. The Kier molecular flexibility index (Phi) is 2.75. The Hall–Kier alpha value is -1.99. The normalized spacial score (nSPS) is 10.1. The van der Waals surface area contributed by atoms with E-state index in [0.717, 1.165) is 0 Å². The van der Waals surface area contributed by atoms with Gasteiger partial charge in [-0.1, -0.05) is 11.9 Å². The van der Waals surface area contributed by atoms with E-state index < -0.39 is 21.6 Å². The monoisotopic (exact) mass is 200 g/mol. The van der Waals surface area contributed by atoms with Crippen LogP contribution in [0.25, 0.3) is 0 Å². The molecule has 1 N–H and O–H groups in total. The van der Waals surface area contributed by atoms with Crippen molar-refractivity contribution in [3.63, 3.8) is 0 Å². The highest BCUT2D eigenvalue weighted by Gasteiger charge is 2.25. The van der Waals surface area contributed by atoms with Crippen molar-refractivity contribution in [2.45, 2.75) is 19.8 Å². The van der Waals surface area contributed by atoms with Gasteiger partial charge in [0.2, 0.25) is 5.69 Å². The molecule has 0 saturated carbocycles. The highest BCUT2D eigenvalue weighted by atomic mass is 16.6. The van der Waals surface area contributed by atoms with E-state index in [1.165, 1.54) is 0 Å². The minimum atomic E-state index is -0.786. The van der Waals surface area contributed by atoms with Crippen molar-refractivity contribution in [3.8, 4) is 0 Å². The lowest BCUT2D eigenvalue weighted by molar-refractivity contribution is -0.402. The van der Waals surface area contributed by atoms with Gasteiger partial charge in [-0.3, -0.25) is 0 Å². The molecule has 14 heavy (non-hydrogen) atoms. The standard InChI is InChI=1S/C6H8N4O4/c1-2-3-4-5(9(11)12)8-6(7-4)10(13)14/h2-3H2,1H3,(H,7,8). The van der Waals surface area contributed by atoms with Gasteiger partial charge in [0.1, 0.15) is 0 Å². The summed E-state index contributed by atoms with van der Waals surface area (Å²) in [5, 5.41) is 20.7. The molecule has 0 aromatic carbocycles. The Labute approximate surface area is 78.3 Å². The molecule has 0 amide bonds. The highest BCUT2D eigenvalue weighted by Crippen LogP contribution is 2.20. The van der Waals surface area contributed by atoms with E-state index >= 15 is 0 Å². The first kappa shape index (κ1) is 10.1. The molecule has 0 saturated heterocycles. The summed E-state index contributed by atoms with van der Waals surface area (Å²) < 4.78 is 0. The van der Waals surface area contributed by atoms with Gasteiger partial charge in [-0.2, -0.15) is 4.98 Å². The SMILES string of the molecule is CCCc1nc([N+](=O)[O-])[nH]c1[N+](=O)[O-]. The predicted molar refractivity (Wildman–Crippen MR) is 45.9 cm³/mol. The van der Waals surface area contributed by atoms with E-state index in [4.69, 9.17) is 0 Å². The average molecular weight is 200 g/mol. The summed E-state index contributed by atoms with van der Waals surface area (Å²) in [4.78, 5) is 24.8. The third-order valence-corrected chi connectivity index (χ3v) is 1.59. The van der Waals surface area contributed by atoms with Crippen LogP contribution in [0.2, 0.25) is 0 Å². The molecule has 0 aliphatic carbocycles. The number of H-pyrrole nitrogens is 1. The smallest absolute Gasteiger partial charge is 0.389 e. The number of nitrogens with zero attached hydrogens (tertiary/aromatic N) is 3. The van der Waals surface area contributed by atoms with Crippen molar-refractivity contribution in [2.24, 2.45) is 0 Å². The van der Waals surface area contributed by atoms with Gasteiger partial charge < -0.3 is 20.2 Å². The quantitative estimate of drug-likeness (QED) is 0.578. The van der Waals surface area contributed by atoms with Crippen molar-refractivity contribution in [2.75, 3.05) is 0 Å². The molecule has 8 heteroatoms. The molecule has 0 atom stereocenters. The Morgan fingerprint density at radius 2 is 2.00 bits per heavy atom. The highest BCUT2D eigenvalue weighted by molar-refractivity contribution is 5.32.